The van der Waals surface area contributed by atoms with Crippen molar-refractivity contribution in [3.8, 4) is 0 Å². The molecule has 0 aliphatic rings. The molecule has 0 fully saturated rings. The molecule has 0 aliphatic carbocycles. The van der Waals surface area contributed by atoms with Gasteiger partial charge in [-0.25, -0.2) is 0 Å². The molecule has 0 aliphatic heterocycles. The number of hydrogen-bond acceptors (Lipinski definition) is 1. The van der Waals surface area contributed by atoms with Gasteiger partial charge in [-0.2, -0.15) is 0 Å². The van der Waals surface area contributed by atoms with Crippen LogP contribution in [0, 0.1) is 12.8 Å². The van der Waals surface area contributed by atoms with E-state index in [9.17, 15) is 4.79 Å². The van der Waals surface area contributed by atoms with Crippen LogP contribution in [0.5, 0.6) is 0 Å². The SMILES string of the molecule is CC(=O)N(Cc1cccn1Cc1cccc(C)c1)C(C)C(C)C. The van der Waals surface area contributed by atoms with E-state index in [1.54, 1.807) is 6.92 Å². The van der Waals surface area contributed by atoms with Gasteiger partial charge >= 0.3 is 0 Å². The molecule has 3 heteroatoms. The van der Waals surface area contributed by atoms with Crippen molar-refractivity contribution in [3.05, 3.63) is 59.4 Å². The van der Waals surface area contributed by atoms with Crippen molar-refractivity contribution in [1.82, 2.24) is 9.47 Å². The van der Waals surface area contributed by atoms with E-state index in [1.165, 1.54) is 16.8 Å². The van der Waals surface area contributed by atoms with Crippen LogP contribution in [0.4, 0.5) is 0 Å². The van der Waals surface area contributed by atoms with Crippen LogP contribution >= 0.6 is 0 Å². The first-order valence-electron chi connectivity index (χ1n) is 8.35. The highest BCUT2D eigenvalue weighted by atomic mass is 16.2. The summed E-state index contributed by atoms with van der Waals surface area (Å²) in [5.41, 5.74) is 3.73. The predicted octanol–water partition coefficient (Wildman–Crippen LogP) is 4.24. The summed E-state index contributed by atoms with van der Waals surface area (Å²) in [7, 11) is 0. The van der Waals surface area contributed by atoms with E-state index in [-0.39, 0.29) is 11.9 Å². The predicted molar refractivity (Wildman–Crippen MR) is 95.2 cm³/mol. The van der Waals surface area contributed by atoms with Gasteiger partial charge in [-0.15, -0.1) is 0 Å². The normalized spacial score (nSPS) is 12.4. The summed E-state index contributed by atoms with van der Waals surface area (Å²) in [6.45, 7) is 11.7. The number of aromatic nitrogens is 1. The van der Waals surface area contributed by atoms with Crippen LogP contribution in [0.2, 0.25) is 0 Å². The molecular formula is C20H28N2O. The molecule has 23 heavy (non-hydrogen) atoms. The third-order valence-electron chi connectivity index (χ3n) is 4.55. The topological polar surface area (TPSA) is 25.2 Å². The molecule has 1 unspecified atom stereocenters. The summed E-state index contributed by atoms with van der Waals surface area (Å²) in [5, 5.41) is 0. The molecule has 1 atom stereocenters. The average molecular weight is 312 g/mol. The van der Waals surface area contributed by atoms with Crippen LogP contribution in [-0.4, -0.2) is 21.4 Å². The zero-order valence-corrected chi connectivity index (χ0v) is 14.9. The van der Waals surface area contributed by atoms with Gasteiger partial charge in [-0.05, 0) is 37.5 Å². The second-order valence-electron chi connectivity index (χ2n) is 6.75. The van der Waals surface area contributed by atoms with Crippen molar-refractivity contribution in [2.75, 3.05) is 0 Å². The first-order chi connectivity index (χ1) is 10.9. The van der Waals surface area contributed by atoms with Gasteiger partial charge < -0.3 is 9.47 Å². The lowest BCUT2D eigenvalue weighted by molar-refractivity contribution is -0.132. The van der Waals surface area contributed by atoms with E-state index in [1.807, 2.05) is 4.90 Å². The maximum atomic E-state index is 12.0. The minimum Gasteiger partial charge on any atom is -0.345 e. The van der Waals surface area contributed by atoms with Gasteiger partial charge in [0.25, 0.3) is 0 Å². The Bertz CT molecular complexity index is 657. The standard InChI is InChI=1S/C20H28N2O/c1-15(2)17(4)22(18(5)23)14-20-10-7-11-21(20)13-19-9-6-8-16(3)12-19/h6-12,15,17H,13-14H2,1-5H3. The van der Waals surface area contributed by atoms with Gasteiger partial charge in [0, 0.05) is 31.4 Å². The second-order valence-corrected chi connectivity index (χ2v) is 6.75. The summed E-state index contributed by atoms with van der Waals surface area (Å²) >= 11 is 0. The largest absolute Gasteiger partial charge is 0.345 e. The highest BCUT2D eigenvalue weighted by Crippen LogP contribution is 2.17. The highest BCUT2D eigenvalue weighted by Gasteiger charge is 2.20. The van der Waals surface area contributed by atoms with Crippen molar-refractivity contribution >= 4 is 5.91 Å². The van der Waals surface area contributed by atoms with Crippen LogP contribution in [0.25, 0.3) is 0 Å². The minimum absolute atomic E-state index is 0.134. The Hall–Kier alpha value is -2.03. The van der Waals surface area contributed by atoms with Crippen molar-refractivity contribution in [3.63, 3.8) is 0 Å². The molecule has 0 N–H and O–H groups in total. The fourth-order valence-corrected chi connectivity index (χ4v) is 2.83. The molecule has 1 aromatic carbocycles. The number of aryl methyl sites for hydroxylation is 1. The minimum atomic E-state index is 0.134. The van der Waals surface area contributed by atoms with Gasteiger partial charge in [0.2, 0.25) is 5.91 Å². The van der Waals surface area contributed by atoms with Gasteiger partial charge in [-0.1, -0.05) is 43.7 Å². The van der Waals surface area contributed by atoms with Crippen molar-refractivity contribution < 1.29 is 4.79 Å². The summed E-state index contributed by atoms with van der Waals surface area (Å²) in [4.78, 5) is 14.0. The summed E-state index contributed by atoms with van der Waals surface area (Å²) < 4.78 is 2.23. The number of nitrogens with zero attached hydrogens (tertiary/aromatic N) is 2. The van der Waals surface area contributed by atoms with E-state index in [0.717, 1.165) is 6.54 Å². The zero-order valence-electron chi connectivity index (χ0n) is 14.9. The van der Waals surface area contributed by atoms with Gasteiger partial charge in [0.05, 0.1) is 6.54 Å². The molecule has 0 saturated heterocycles. The van der Waals surface area contributed by atoms with E-state index < -0.39 is 0 Å². The maximum Gasteiger partial charge on any atom is 0.220 e. The molecule has 2 aromatic rings. The van der Waals surface area contributed by atoms with Gasteiger partial charge in [0.1, 0.15) is 0 Å². The molecule has 0 saturated carbocycles. The Labute approximate surface area is 139 Å². The number of amides is 1. The molecule has 0 bridgehead atoms. The maximum absolute atomic E-state index is 12.0. The van der Waals surface area contributed by atoms with Crippen LogP contribution in [0.3, 0.4) is 0 Å². The Morgan fingerprint density at radius 1 is 1.17 bits per heavy atom. The van der Waals surface area contributed by atoms with Gasteiger partial charge in [-0.3, -0.25) is 4.79 Å². The number of benzene rings is 1. The summed E-state index contributed by atoms with van der Waals surface area (Å²) in [6.07, 6.45) is 2.09. The Balaban J connectivity index is 2.18. The number of carbonyl (C=O) groups excluding carboxylic acids is 1. The molecule has 1 heterocycles. The van der Waals surface area contributed by atoms with E-state index in [2.05, 4.69) is 74.9 Å². The molecule has 3 nitrogen and oxygen atoms in total. The van der Waals surface area contributed by atoms with Crippen LogP contribution in [0.1, 0.15) is 44.5 Å². The van der Waals surface area contributed by atoms with Gasteiger partial charge in [0.15, 0.2) is 0 Å². The Kier molecular flexibility index (Phi) is 5.64. The number of carbonyl (C=O) groups is 1. The van der Waals surface area contributed by atoms with E-state index >= 15 is 0 Å². The fourth-order valence-electron chi connectivity index (χ4n) is 2.83. The van der Waals surface area contributed by atoms with E-state index in [0.29, 0.717) is 12.5 Å². The Morgan fingerprint density at radius 3 is 2.52 bits per heavy atom. The molecule has 0 spiro atoms. The molecule has 1 amide bonds. The lowest BCUT2D eigenvalue weighted by Crippen LogP contribution is -2.40. The molecular weight excluding hydrogens is 284 g/mol. The smallest absolute Gasteiger partial charge is 0.220 e. The first-order valence-corrected chi connectivity index (χ1v) is 8.35. The molecule has 0 radical (unpaired) electrons. The highest BCUT2D eigenvalue weighted by molar-refractivity contribution is 5.73. The third-order valence-corrected chi connectivity index (χ3v) is 4.55. The molecule has 1 aromatic heterocycles. The van der Waals surface area contributed by atoms with Crippen molar-refractivity contribution in [2.24, 2.45) is 5.92 Å². The molecule has 2 rings (SSSR count). The summed E-state index contributed by atoms with van der Waals surface area (Å²) in [5.74, 6) is 0.577. The monoisotopic (exact) mass is 312 g/mol. The number of hydrogen-bond donors (Lipinski definition) is 0. The van der Waals surface area contributed by atoms with Crippen molar-refractivity contribution in [1.29, 1.82) is 0 Å². The lowest BCUT2D eigenvalue weighted by atomic mass is 10.0. The third kappa shape index (κ3) is 4.47. The second kappa shape index (κ2) is 7.49. The molecule has 124 valence electrons. The van der Waals surface area contributed by atoms with Crippen molar-refractivity contribution in [2.45, 2.75) is 53.8 Å². The van der Waals surface area contributed by atoms with Crippen LogP contribution < -0.4 is 0 Å². The van der Waals surface area contributed by atoms with Crippen LogP contribution in [0.15, 0.2) is 42.6 Å². The Morgan fingerprint density at radius 2 is 1.91 bits per heavy atom. The van der Waals surface area contributed by atoms with E-state index in [4.69, 9.17) is 0 Å². The van der Waals surface area contributed by atoms with Crippen LogP contribution in [-0.2, 0) is 17.9 Å². The lowest BCUT2D eigenvalue weighted by Gasteiger charge is -2.31. The average Bonchev–Trinajstić information content (AvgIpc) is 2.90. The number of rotatable bonds is 6. The quantitative estimate of drug-likeness (QED) is 0.783. The summed E-state index contributed by atoms with van der Waals surface area (Å²) in [6, 6.07) is 13.0. The zero-order chi connectivity index (χ0) is 17.0. The fraction of sp³-hybridized carbons (Fsp3) is 0.450. The first kappa shape index (κ1) is 17.3.